The van der Waals surface area contributed by atoms with E-state index in [0.29, 0.717) is 0 Å². The lowest BCUT2D eigenvalue weighted by Gasteiger charge is -2.18. The lowest BCUT2D eigenvalue weighted by Crippen LogP contribution is -2.18. The van der Waals surface area contributed by atoms with Gasteiger partial charge in [-0.2, -0.15) is 0 Å². The van der Waals surface area contributed by atoms with Gasteiger partial charge in [0.05, 0.1) is 0 Å². The molecule has 2 aliphatic rings. The lowest BCUT2D eigenvalue weighted by molar-refractivity contribution is 0.773. The van der Waals surface area contributed by atoms with E-state index in [9.17, 15) is 0 Å². The number of benzene rings is 1. The average Bonchev–Trinajstić information content (AvgIpc) is 2.42. The zero-order valence-electron chi connectivity index (χ0n) is 8.16. The van der Waals surface area contributed by atoms with E-state index in [4.69, 9.17) is 0 Å². The van der Waals surface area contributed by atoms with E-state index in [0.717, 1.165) is 19.5 Å². The van der Waals surface area contributed by atoms with Crippen molar-refractivity contribution in [2.75, 3.05) is 18.0 Å². The van der Waals surface area contributed by atoms with Crippen molar-refractivity contribution < 1.29 is 0 Å². The van der Waals surface area contributed by atoms with E-state index in [1.54, 1.807) is 0 Å². The molecule has 0 saturated heterocycles. The summed E-state index contributed by atoms with van der Waals surface area (Å²) in [4.78, 5) is 2.44. The van der Waals surface area contributed by atoms with Gasteiger partial charge in [0.15, 0.2) is 0 Å². The van der Waals surface area contributed by atoms with Crippen LogP contribution in [0.2, 0.25) is 0 Å². The average molecular weight is 186 g/mol. The van der Waals surface area contributed by atoms with Crippen molar-refractivity contribution in [3.8, 4) is 0 Å². The van der Waals surface area contributed by atoms with Gasteiger partial charge in [-0.25, -0.2) is 0 Å². The third kappa shape index (κ3) is 1.10. The zero-order valence-corrected chi connectivity index (χ0v) is 8.16. The molecule has 2 heterocycles. The number of anilines is 1. The Morgan fingerprint density at radius 2 is 2.14 bits per heavy atom. The molecule has 0 amide bonds. The molecular weight excluding hydrogens is 172 g/mol. The number of hydrogen-bond donors (Lipinski definition) is 1. The molecule has 0 atom stereocenters. The topological polar surface area (TPSA) is 15.3 Å². The summed E-state index contributed by atoms with van der Waals surface area (Å²) in [7, 11) is 0. The van der Waals surface area contributed by atoms with Crippen LogP contribution in [0.3, 0.4) is 0 Å². The Kier molecular flexibility index (Phi) is 1.72. The molecule has 0 spiro atoms. The van der Waals surface area contributed by atoms with Gasteiger partial charge in [-0.1, -0.05) is 18.2 Å². The van der Waals surface area contributed by atoms with Crippen LogP contribution in [0.25, 0.3) is 0 Å². The number of hydrogen-bond acceptors (Lipinski definition) is 2. The molecular formula is C12H14N2. The Hall–Kier alpha value is -1.44. The third-order valence-corrected chi connectivity index (χ3v) is 2.97. The van der Waals surface area contributed by atoms with E-state index < -0.39 is 0 Å². The van der Waals surface area contributed by atoms with Gasteiger partial charge in [-0.3, -0.25) is 0 Å². The maximum absolute atomic E-state index is 3.35. The highest BCUT2D eigenvalue weighted by Gasteiger charge is 2.23. The van der Waals surface area contributed by atoms with Crippen LogP contribution in [0.4, 0.5) is 5.69 Å². The molecule has 0 bridgehead atoms. The molecule has 0 unspecified atom stereocenters. The number of fused-ring (bicyclic) bond motifs is 3. The first-order valence-electron chi connectivity index (χ1n) is 5.23. The Bertz CT molecular complexity index is 382. The van der Waals surface area contributed by atoms with Crippen molar-refractivity contribution in [3.05, 3.63) is 41.7 Å². The summed E-state index contributed by atoms with van der Waals surface area (Å²) in [6.45, 7) is 2.25. The monoisotopic (exact) mass is 186 g/mol. The summed E-state index contributed by atoms with van der Waals surface area (Å²) in [5.74, 6) is 0. The fourth-order valence-electron chi connectivity index (χ4n) is 2.29. The van der Waals surface area contributed by atoms with Gasteiger partial charge in [0.25, 0.3) is 0 Å². The summed E-state index contributed by atoms with van der Waals surface area (Å²) >= 11 is 0. The maximum atomic E-state index is 3.35. The summed E-state index contributed by atoms with van der Waals surface area (Å²) < 4.78 is 0. The highest BCUT2D eigenvalue weighted by Crippen LogP contribution is 2.34. The van der Waals surface area contributed by atoms with E-state index in [1.807, 2.05) is 0 Å². The normalized spacial score (nSPS) is 19.1. The highest BCUT2D eigenvalue weighted by atomic mass is 15.2. The highest BCUT2D eigenvalue weighted by molar-refractivity contribution is 5.64. The molecule has 0 radical (unpaired) electrons. The van der Waals surface area contributed by atoms with Gasteiger partial charge < -0.3 is 10.2 Å². The molecule has 0 fully saturated rings. The Balaban J connectivity index is 2.05. The van der Waals surface area contributed by atoms with Crippen molar-refractivity contribution in [1.82, 2.24) is 5.32 Å². The standard InChI is InChI=1S/C12H14N2/c1-2-5-12-10(4-1)8-11-9-13-6-3-7-14(11)12/h1-2,4-5,9,13H,3,6-8H2. The minimum Gasteiger partial charge on any atom is -0.389 e. The Labute approximate surface area is 84.2 Å². The summed E-state index contributed by atoms with van der Waals surface area (Å²) in [6.07, 6.45) is 4.48. The van der Waals surface area contributed by atoms with E-state index >= 15 is 0 Å². The molecule has 2 aliphatic heterocycles. The first kappa shape index (κ1) is 7.92. The van der Waals surface area contributed by atoms with Gasteiger partial charge >= 0.3 is 0 Å². The van der Waals surface area contributed by atoms with Gasteiger partial charge in [-0.05, 0) is 18.1 Å². The van der Waals surface area contributed by atoms with Gasteiger partial charge in [0.2, 0.25) is 0 Å². The van der Waals surface area contributed by atoms with Crippen molar-refractivity contribution in [2.24, 2.45) is 0 Å². The largest absolute Gasteiger partial charge is 0.389 e. The number of allylic oxidation sites excluding steroid dienone is 1. The Morgan fingerprint density at radius 1 is 1.21 bits per heavy atom. The second-order valence-corrected chi connectivity index (χ2v) is 3.90. The number of rotatable bonds is 0. The molecule has 3 rings (SSSR count). The number of nitrogens with one attached hydrogen (secondary N) is 1. The fraction of sp³-hybridized carbons (Fsp3) is 0.333. The van der Waals surface area contributed by atoms with E-state index in [1.165, 1.54) is 23.4 Å². The van der Waals surface area contributed by atoms with Crippen LogP contribution in [0, 0.1) is 0 Å². The molecule has 72 valence electrons. The van der Waals surface area contributed by atoms with Gasteiger partial charge in [-0.15, -0.1) is 0 Å². The van der Waals surface area contributed by atoms with Crippen LogP contribution >= 0.6 is 0 Å². The summed E-state index contributed by atoms with van der Waals surface area (Å²) in [5.41, 5.74) is 4.29. The molecule has 0 aliphatic carbocycles. The first-order valence-corrected chi connectivity index (χ1v) is 5.23. The SMILES string of the molecule is C1=C2Cc3ccccc3N2CCCN1. The van der Waals surface area contributed by atoms with Crippen molar-refractivity contribution in [2.45, 2.75) is 12.8 Å². The van der Waals surface area contributed by atoms with Crippen LogP contribution in [0.15, 0.2) is 36.2 Å². The minimum atomic E-state index is 1.09. The minimum absolute atomic E-state index is 1.09. The van der Waals surface area contributed by atoms with Crippen molar-refractivity contribution in [3.63, 3.8) is 0 Å². The maximum Gasteiger partial charge on any atom is 0.0445 e. The van der Waals surface area contributed by atoms with Crippen LogP contribution in [0.1, 0.15) is 12.0 Å². The zero-order chi connectivity index (χ0) is 9.38. The van der Waals surface area contributed by atoms with Crippen LogP contribution < -0.4 is 10.2 Å². The molecule has 1 aromatic carbocycles. The van der Waals surface area contributed by atoms with Crippen molar-refractivity contribution in [1.29, 1.82) is 0 Å². The second-order valence-electron chi connectivity index (χ2n) is 3.90. The predicted octanol–water partition coefficient (Wildman–Crippen LogP) is 1.88. The summed E-state index contributed by atoms with van der Waals surface area (Å²) in [6, 6.07) is 8.70. The number of nitrogens with zero attached hydrogens (tertiary/aromatic N) is 1. The lowest BCUT2D eigenvalue weighted by atomic mass is 10.1. The third-order valence-electron chi connectivity index (χ3n) is 2.97. The van der Waals surface area contributed by atoms with Gasteiger partial charge in [0, 0.05) is 37.1 Å². The fourth-order valence-corrected chi connectivity index (χ4v) is 2.29. The van der Waals surface area contributed by atoms with Crippen LogP contribution in [-0.2, 0) is 6.42 Å². The van der Waals surface area contributed by atoms with Gasteiger partial charge in [0.1, 0.15) is 0 Å². The second kappa shape index (κ2) is 3.05. The van der Waals surface area contributed by atoms with E-state index in [2.05, 4.69) is 40.7 Å². The summed E-state index contributed by atoms with van der Waals surface area (Å²) in [5, 5.41) is 3.35. The molecule has 0 saturated carbocycles. The molecule has 0 aromatic heterocycles. The molecule has 1 aromatic rings. The van der Waals surface area contributed by atoms with Crippen molar-refractivity contribution >= 4 is 5.69 Å². The van der Waals surface area contributed by atoms with Crippen LogP contribution in [0.5, 0.6) is 0 Å². The molecule has 1 N–H and O–H groups in total. The first-order chi connectivity index (χ1) is 6.95. The Morgan fingerprint density at radius 3 is 3.14 bits per heavy atom. The quantitative estimate of drug-likeness (QED) is 0.665. The number of para-hydroxylation sites is 1. The molecule has 14 heavy (non-hydrogen) atoms. The van der Waals surface area contributed by atoms with Crippen LogP contribution in [-0.4, -0.2) is 13.1 Å². The predicted molar refractivity (Wildman–Crippen MR) is 58.2 cm³/mol. The smallest absolute Gasteiger partial charge is 0.0445 e. The molecule has 2 heteroatoms. The van der Waals surface area contributed by atoms with E-state index in [-0.39, 0.29) is 0 Å². The molecule has 2 nitrogen and oxygen atoms in total.